The molecule has 0 saturated carbocycles. The molecule has 0 heterocycles. The molecule has 0 N–H and O–H groups in total. The van der Waals surface area contributed by atoms with Crippen molar-refractivity contribution in [3.63, 3.8) is 0 Å². The first kappa shape index (κ1) is 11.0. The molecule has 0 fully saturated rings. The van der Waals surface area contributed by atoms with Gasteiger partial charge in [-0.15, -0.1) is 0 Å². The van der Waals surface area contributed by atoms with E-state index >= 15 is 0 Å². The van der Waals surface area contributed by atoms with Gasteiger partial charge in [-0.05, 0) is 36.2 Å². The Hall–Kier alpha value is -1.47. The van der Waals surface area contributed by atoms with Crippen LogP contribution in [0.15, 0.2) is 48.5 Å². The Kier molecular flexibility index (Phi) is 3.47. The Morgan fingerprint density at radius 3 is 2.50 bits per heavy atom. The third-order valence-electron chi connectivity index (χ3n) is 2.26. The highest BCUT2D eigenvalue weighted by atomic mass is 35.5. The van der Waals surface area contributed by atoms with E-state index < -0.39 is 0 Å². The maximum absolute atomic E-state index is 5.84. The van der Waals surface area contributed by atoms with E-state index in [1.165, 1.54) is 0 Å². The number of hydrogen-bond acceptors (Lipinski definition) is 1. The SMILES string of the molecule is [CH2]c1cc(Cl)ccc1OCc1ccccc1. The van der Waals surface area contributed by atoms with Gasteiger partial charge in [-0.25, -0.2) is 0 Å². The predicted molar refractivity (Wildman–Crippen MR) is 66.7 cm³/mol. The average molecular weight is 232 g/mol. The van der Waals surface area contributed by atoms with Gasteiger partial charge in [0.05, 0.1) is 0 Å². The fraction of sp³-hybridized carbons (Fsp3) is 0.0714. The molecule has 81 valence electrons. The lowest BCUT2D eigenvalue weighted by atomic mass is 10.2. The highest BCUT2D eigenvalue weighted by molar-refractivity contribution is 6.30. The number of benzene rings is 2. The molecule has 0 aliphatic carbocycles. The summed E-state index contributed by atoms with van der Waals surface area (Å²) in [5, 5.41) is 0.678. The molecule has 0 aliphatic rings. The van der Waals surface area contributed by atoms with Crippen molar-refractivity contribution in [2.45, 2.75) is 6.61 Å². The maximum Gasteiger partial charge on any atom is 0.123 e. The molecule has 0 atom stereocenters. The van der Waals surface area contributed by atoms with Crippen LogP contribution >= 0.6 is 11.6 Å². The van der Waals surface area contributed by atoms with E-state index in [1.54, 1.807) is 12.1 Å². The molecule has 0 unspecified atom stereocenters. The van der Waals surface area contributed by atoms with Gasteiger partial charge >= 0.3 is 0 Å². The fourth-order valence-corrected chi connectivity index (χ4v) is 1.62. The standard InChI is InChI=1S/C14H12ClO/c1-11-9-13(15)7-8-14(11)16-10-12-5-3-2-4-6-12/h2-9H,1,10H2. The minimum absolute atomic E-state index is 0.547. The summed E-state index contributed by atoms with van der Waals surface area (Å²) in [5.74, 6) is 0.772. The molecule has 0 spiro atoms. The van der Waals surface area contributed by atoms with Gasteiger partial charge in [-0.2, -0.15) is 0 Å². The smallest absolute Gasteiger partial charge is 0.123 e. The molecule has 0 saturated heterocycles. The van der Waals surface area contributed by atoms with Gasteiger partial charge in [0.25, 0.3) is 0 Å². The third-order valence-corrected chi connectivity index (χ3v) is 2.49. The molecule has 2 aromatic carbocycles. The van der Waals surface area contributed by atoms with E-state index in [9.17, 15) is 0 Å². The molecule has 16 heavy (non-hydrogen) atoms. The van der Waals surface area contributed by atoms with Crippen LogP contribution in [0.1, 0.15) is 11.1 Å². The Morgan fingerprint density at radius 1 is 1.06 bits per heavy atom. The predicted octanol–water partition coefficient (Wildman–Crippen LogP) is 4.10. The second-order valence-electron chi connectivity index (χ2n) is 3.53. The summed E-state index contributed by atoms with van der Waals surface area (Å²) >= 11 is 5.84. The van der Waals surface area contributed by atoms with Crippen LogP contribution < -0.4 is 4.74 Å². The van der Waals surface area contributed by atoms with Crippen LogP contribution in [0.3, 0.4) is 0 Å². The van der Waals surface area contributed by atoms with Crippen LogP contribution in [-0.4, -0.2) is 0 Å². The first-order chi connectivity index (χ1) is 7.75. The monoisotopic (exact) mass is 231 g/mol. The number of hydrogen-bond donors (Lipinski definition) is 0. The number of ether oxygens (including phenoxy) is 1. The highest BCUT2D eigenvalue weighted by Crippen LogP contribution is 2.22. The molecule has 0 aliphatic heterocycles. The van der Waals surface area contributed by atoms with Gasteiger partial charge < -0.3 is 4.74 Å². The van der Waals surface area contributed by atoms with Crippen molar-refractivity contribution in [2.75, 3.05) is 0 Å². The van der Waals surface area contributed by atoms with Gasteiger partial charge in [0, 0.05) is 5.02 Å². The van der Waals surface area contributed by atoms with E-state index in [2.05, 4.69) is 6.92 Å². The Balaban J connectivity index is 2.05. The zero-order chi connectivity index (χ0) is 11.4. The van der Waals surface area contributed by atoms with E-state index in [0.29, 0.717) is 11.6 Å². The molecule has 2 heteroatoms. The Bertz CT molecular complexity index is 465. The Labute approximate surface area is 101 Å². The first-order valence-electron chi connectivity index (χ1n) is 5.04. The van der Waals surface area contributed by atoms with E-state index in [-0.39, 0.29) is 0 Å². The van der Waals surface area contributed by atoms with E-state index in [0.717, 1.165) is 16.9 Å². The molecule has 0 bridgehead atoms. The molecule has 2 aromatic rings. The van der Waals surface area contributed by atoms with Gasteiger partial charge in [-0.3, -0.25) is 0 Å². The highest BCUT2D eigenvalue weighted by Gasteiger charge is 2.00. The molecule has 0 amide bonds. The quantitative estimate of drug-likeness (QED) is 0.773. The van der Waals surface area contributed by atoms with Crippen LogP contribution in [0.25, 0.3) is 0 Å². The average Bonchev–Trinajstić information content (AvgIpc) is 2.29. The summed E-state index contributed by atoms with van der Waals surface area (Å²) in [6.45, 7) is 4.43. The van der Waals surface area contributed by atoms with Crippen molar-refractivity contribution < 1.29 is 4.74 Å². The zero-order valence-corrected chi connectivity index (χ0v) is 9.58. The summed E-state index contributed by atoms with van der Waals surface area (Å²) in [7, 11) is 0. The normalized spacial score (nSPS) is 10.1. The van der Waals surface area contributed by atoms with Gasteiger partial charge in [-0.1, -0.05) is 41.9 Å². The lowest BCUT2D eigenvalue weighted by Crippen LogP contribution is -1.96. The van der Waals surface area contributed by atoms with Crippen LogP contribution in [0, 0.1) is 6.92 Å². The second-order valence-corrected chi connectivity index (χ2v) is 3.96. The van der Waals surface area contributed by atoms with Gasteiger partial charge in [0.15, 0.2) is 0 Å². The molecular formula is C14H12ClO. The minimum Gasteiger partial charge on any atom is -0.489 e. The third kappa shape index (κ3) is 2.77. The largest absolute Gasteiger partial charge is 0.489 e. The van der Waals surface area contributed by atoms with Crippen molar-refractivity contribution in [1.82, 2.24) is 0 Å². The van der Waals surface area contributed by atoms with Crippen molar-refractivity contribution >= 4 is 11.6 Å². The van der Waals surface area contributed by atoms with Crippen molar-refractivity contribution in [3.8, 4) is 5.75 Å². The summed E-state index contributed by atoms with van der Waals surface area (Å²) < 4.78 is 5.66. The molecule has 1 radical (unpaired) electrons. The lowest BCUT2D eigenvalue weighted by molar-refractivity contribution is 0.305. The van der Waals surface area contributed by atoms with Gasteiger partial charge in [0.1, 0.15) is 12.4 Å². The van der Waals surface area contributed by atoms with E-state index in [4.69, 9.17) is 16.3 Å². The summed E-state index contributed by atoms with van der Waals surface area (Å²) in [5.41, 5.74) is 1.94. The first-order valence-corrected chi connectivity index (χ1v) is 5.42. The summed E-state index contributed by atoms with van der Waals surface area (Å²) in [6, 6.07) is 15.5. The maximum atomic E-state index is 5.84. The molecule has 2 rings (SSSR count). The second kappa shape index (κ2) is 5.04. The van der Waals surface area contributed by atoms with Crippen LogP contribution in [0.2, 0.25) is 5.02 Å². The topological polar surface area (TPSA) is 9.23 Å². The summed E-state index contributed by atoms with van der Waals surface area (Å²) in [4.78, 5) is 0. The van der Waals surface area contributed by atoms with Crippen LogP contribution in [0.5, 0.6) is 5.75 Å². The van der Waals surface area contributed by atoms with Crippen LogP contribution in [0.4, 0.5) is 0 Å². The Morgan fingerprint density at radius 2 is 1.81 bits per heavy atom. The molecular weight excluding hydrogens is 220 g/mol. The molecule has 0 aromatic heterocycles. The van der Waals surface area contributed by atoms with Crippen molar-refractivity contribution in [3.05, 3.63) is 71.6 Å². The fourth-order valence-electron chi connectivity index (χ4n) is 1.42. The number of rotatable bonds is 3. The number of halogens is 1. The van der Waals surface area contributed by atoms with Crippen molar-refractivity contribution in [2.24, 2.45) is 0 Å². The molecule has 1 nitrogen and oxygen atoms in total. The minimum atomic E-state index is 0.547. The van der Waals surface area contributed by atoms with Crippen molar-refractivity contribution in [1.29, 1.82) is 0 Å². The van der Waals surface area contributed by atoms with E-state index in [1.807, 2.05) is 36.4 Å². The zero-order valence-electron chi connectivity index (χ0n) is 8.82. The van der Waals surface area contributed by atoms with Crippen LogP contribution in [-0.2, 0) is 6.61 Å². The lowest BCUT2D eigenvalue weighted by Gasteiger charge is -2.09. The van der Waals surface area contributed by atoms with Gasteiger partial charge in [0.2, 0.25) is 0 Å². The summed E-state index contributed by atoms with van der Waals surface area (Å²) in [6.07, 6.45) is 0.